The first-order valence-electron chi connectivity index (χ1n) is 24.6. The molecule has 5 heteroatoms. The highest BCUT2D eigenvalue weighted by Gasteiger charge is 2.27. The Bertz CT molecular complexity index is 759. The van der Waals surface area contributed by atoms with Crippen molar-refractivity contribution >= 4 is 0 Å². The number of hydrogen-bond acceptors (Lipinski definition) is 5. The Labute approximate surface area is 344 Å². The molecule has 0 amide bonds. The lowest BCUT2D eigenvalue weighted by Crippen LogP contribution is -2.40. The second-order valence-electron chi connectivity index (χ2n) is 17.1. The normalized spacial score (nSPS) is 14.8. The molecule has 0 aromatic rings. The van der Waals surface area contributed by atoms with Crippen molar-refractivity contribution in [3.05, 3.63) is 23.3 Å². The highest BCUT2D eigenvalue weighted by molar-refractivity contribution is 5.05. The van der Waals surface area contributed by atoms with Crippen LogP contribution in [-0.4, -0.2) is 58.1 Å². The van der Waals surface area contributed by atoms with Crippen molar-refractivity contribution in [1.82, 2.24) is 0 Å². The third kappa shape index (κ3) is 35.0. The molecule has 0 bridgehead atoms. The van der Waals surface area contributed by atoms with Crippen LogP contribution in [-0.2, 0) is 4.74 Å². The van der Waals surface area contributed by atoms with Gasteiger partial charge in [-0.3, -0.25) is 0 Å². The second kappa shape index (κ2) is 42.9. The van der Waals surface area contributed by atoms with Crippen molar-refractivity contribution in [1.29, 1.82) is 0 Å². The van der Waals surface area contributed by atoms with Crippen molar-refractivity contribution in [2.75, 3.05) is 13.2 Å². The van der Waals surface area contributed by atoms with Crippen LogP contribution < -0.4 is 0 Å². The molecule has 328 valence electrons. The van der Waals surface area contributed by atoms with Crippen molar-refractivity contribution in [3.8, 4) is 0 Å². The third-order valence-electron chi connectivity index (χ3n) is 11.7. The maximum absolute atomic E-state index is 10.8. The SMILES string of the molecule is CCCCCCCCCCCCCCCCC(=CCC(OC(CC=C(CCC)CCCCCCCCCCCCCCCC)C(O)CO)C(O)CO)CCC. The minimum atomic E-state index is -1.04. The lowest BCUT2D eigenvalue weighted by Gasteiger charge is -2.29. The highest BCUT2D eigenvalue weighted by atomic mass is 16.5. The highest BCUT2D eigenvalue weighted by Crippen LogP contribution is 2.23. The predicted molar refractivity (Wildman–Crippen MR) is 240 cm³/mol. The molecular weight excluding hydrogens is 681 g/mol. The Morgan fingerprint density at radius 1 is 0.364 bits per heavy atom. The average Bonchev–Trinajstić information content (AvgIpc) is 3.19. The molecule has 0 aliphatic rings. The standard InChI is InChI=1S/C50H98O5/c1-5-9-11-13-15-17-19-21-23-25-27-29-31-33-37-45(35-7-3)39-41-49(47(53)43-51)55-50(48(54)44-52)42-40-46(36-8-4)38-34-32-30-28-26-24-22-20-18-16-14-12-10-6-2/h39-40,47-54H,5-38,41-44H2,1-4H3. The Balaban J connectivity index is 4.72. The van der Waals surface area contributed by atoms with Gasteiger partial charge in [-0.25, -0.2) is 0 Å². The molecule has 0 aliphatic carbocycles. The molecule has 0 aliphatic heterocycles. The molecule has 0 spiro atoms. The predicted octanol–water partition coefficient (Wildman–Crippen LogP) is 14.4. The van der Waals surface area contributed by atoms with E-state index in [9.17, 15) is 20.4 Å². The molecule has 0 aromatic heterocycles. The Kier molecular flexibility index (Phi) is 42.3. The molecule has 4 unspecified atom stereocenters. The van der Waals surface area contributed by atoms with Crippen LogP contribution in [0, 0.1) is 0 Å². The molecule has 0 heterocycles. The summed E-state index contributed by atoms with van der Waals surface area (Å²) in [4.78, 5) is 0. The number of hydrogen-bond donors (Lipinski definition) is 4. The topological polar surface area (TPSA) is 90.2 Å². The summed E-state index contributed by atoms with van der Waals surface area (Å²) in [6, 6.07) is 0. The molecule has 0 aromatic carbocycles. The second-order valence-corrected chi connectivity index (χ2v) is 17.1. The van der Waals surface area contributed by atoms with Crippen LogP contribution in [0.2, 0.25) is 0 Å². The van der Waals surface area contributed by atoms with Gasteiger partial charge in [0.25, 0.3) is 0 Å². The zero-order valence-electron chi connectivity index (χ0n) is 37.5. The van der Waals surface area contributed by atoms with Crippen LogP contribution in [0.1, 0.15) is 259 Å². The summed E-state index contributed by atoms with van der Waals surface area (Å²) >= 11 is 0. The molecule has 0 radical (unpaired) electrons. The van der Waals surface area contributed by atoms with Crippen molar-refractivity contribution in [3.63, 3.8) is 0 Å². The van der Waals surface area contributed by atoms with E-state index in [1.165, 1.54) is 191 Å². The van der Waals surface area contributed by atoms with Gasteiger partial charge in [0.15, 0.2) is 0 Å². The fourth-order valence-corrected chi connectivity index (χ4v) is 8.03. The number of ether oxygens (including phenoxy) is 1. The number of unbranched alkanes of at least 4 members (excludes halogenated alkanes) is 26. The van der Waals surface area contributed by atoms with Gasteiger partial charge in [0, 0.05) is 0 Å². The van der Waals surface area contributed by atoms with Gasteiger partial charge in [-0.2, -0.15) is 0 Å². The van der Waals surface area contributed by atoms with E-state index >= 15 is 0 Å². The first-order chi connectivity index (χ1) is 27.0. The summed E-state index contributed by atoms with van der Waals surface area (Å²) in [5.74, 6) is 0. The third-order valence-corrected chi connectivity index (χ3v) is 11.7. The van der Waals surface area contributed by atoms with E-state index in [0.717, 1.165) is 38.5 Å². The summed E-state index contributed by atoms with van der Waals surface area (Å²) in [6.45, 7) is 8.21. The number of aliphatic hydroxyl groups is 4. The monoisotopic (exact) mass is 779 g/mol. The largest absolute Gasteiger partial charge is 0.394 e. The summed E-state index contributed by atoms with van der Waals surface area (Å²) in [5.41, 5.74) is 2.80. The van der Waals surface area contributed by atoms with Crippen LogP contribution in [0.5, 0.6) is 0 Å². The molecule has 0 saturated carbocycles. The lowest BCUT2D eigenvalue weighted by molar-refractivity contribution is -0.129. The summed E-state index contributed by atoms with van der Waals surface area (Å²) in [5, 5.41) is 41.3. The summed E-state index contributed by atoms with van der Waals surface area (Å²) < 4.78 is 6.36. The molecule has 4 N–H and O–H groups in total. The zero-order chi connectivity index (χ0) is 40.5. The summed E-state index contributed by atoms with van der Waals surface area (Å²) in [7, 11) is 0. The molecule has 4 atom stereocenters. The van der Waals surface area contributed by atoms with E-state index in [1.54, 1.807) is 0 Å². The van der Waals surface area contributed by atoms with Gasteiger partial charge in [0.1, 0.15) is 12.2 Å². The Morgan fingerprint density at radius 2 is 0.618 bits per heavy atom. The van der Waals surface area contributed by atoms with E-state index in [2.05, 4.69) is 39.8 Å². The first-order valence-corrected chi connectivity index (χ1v) is 24.6. The number of rotatable bonds is 44. The van der Waals surface area contributed by atoms with Gasteiger partial charge in [0.05, 0.1) is 25.4 Å². The van der Waals surface area contributed by atoms with Crippen LogP contribution >= 0.6 is 0 Å². The molecule has 55 heavy (non-hydrogen) atoms. The molecule has 0 saturated heterocycles. The van der Waals surface area contributed by atoms with Gasteiger partial charge in [-0.1, -0.05) is 231 Å². The quantitative estimate of drug-likeness (QED) is 0.0365. The van der Waals surface area contributed by atoms with Gasteiger partial charge in [-0.05, 0) is 51.4 Å². The van der Waals surface area contributed by atoms with E-state index < -0.39 is 37.6 Å². The minimum Gasteiger partial charge on any atom is -0.394 e. The maximum Gasteiger partial charge on any atom is 0.103 e. The molecule has 5 nitrogen and oxygen atoms in total. The first kappa shape index (κ1) is 54.3. The van der Waals surface area contributed by atoms with Crippen LogP contribution in [0.3, 0.4) is 0 Å². The fourth-order valence-electron chi connectivity index (χ4n) is 8.03. The Hall–Kier alpha value is -0.720. The molecule has 0 fully saturated rings. The van der Waals surface area contributed by atoms with Crippen molar-refractivity contribution in [2.45, 2.75) is 283 Å². The molecule has 0 rings (SSSR count). The van der Waals surface area contributed by atoms with Crippen LogP contribution in [0.15, 0.2) is 23.3 Å². The average molecular weight is 779 g/mol. The minimum absolute atomic E-state index is 0.390. The van der Waals surface area contributed by atoms with Gasteiger partial charge < -0.3 is 25.2 Å². The maximum atomic E-state index is 10.8. The van der Waals surface area contributed by atoms with E-state index in [-0.39, 0.29) is 0 Å². The van der Waals surface area contributed by atoms with Crippen LogP contribution in [0.25, 0.3) is 0 Å². The Morgan fingerprint density at radius 3 is 0.855 bits per heavy atom. The van der Waals surface area contributed by atoms with E-state index in [0.29, 0.717) is 12.8 Å². The summed E-state index contributed by atoms with van der Waals surface area (Å²) in [6.07, 6.45) is 46.5. The van der Waals surface area contributed by atoms with E-state index in [4.69, 9.17) is 4.74 Å². The van der Waals surface area contributed by atoms with E-state index in [1.807, 2.05) is 0 Å². The zero-order valence-corrected chi connectivity index (χ0v) is 37.5. The van der Waals surface area contributed by atoms with Gasteiger partial charge in [0.2, 0.25) is 0 Å². The lowest BCUT2D eigenvalue weighted by atomic mass is 9.98. The van der Waals surface area contributed by atoms with Crippen LogP contribution in [0.4, 0.5) is 0 Å². The number of allylic oxidation sites excluding steroid dienone is 2. The van der Waals surface area contributed by atoms with Crippen molar-refractivity contribution < 1.29 is 25.2 Å². The smallest absolute Gasteiger partial charge is 0.103 e. The fraction of sp³-hybridized carbons (Fsp3) is 0.920. The van der Waals surface area contributed by atoms with Crippen molar-refractivity contribution in [2.24, 2.45) is 0 Å². The van der Waals surface area contributed by atoms with Gasteiger partial charge >= 0.3 is 0 Å². The number of aliphatic hydroxyl groups excluding tert-OH is 4. The van der Waals surface area contributed by atoms with Gasteiger partial charge in [-0.15, -0.1) is 0 Å². The molecular formula is C50H98O5.